The molecule has 3 nitrogen and oxygen atoms in total. The second-order valence-corrected chi connectivity index (χ2v) is 4.92. The van der Waals surface area contributed by atoms with Crippen LogP contribution < -0.4 is 0 Å². The van der Waals surface area contributed by atoms with E-state index in [-0.39, 0.29) is 0 Å². The maximum Gasteiger partial charge on any atom is 0.168 e. The van der Waals surface area contributed by atoms with Gasteiger partial charge in [0.1, 0.15) is 5.58 Å². The highest BCUT2D eigenvalue weighted by Crippen LogP contribution is 2.37. The zero-order chi connectivity index (χ0) is 11.2. The van der Waals surface area contributed by atoms with E-state index < -0.39 is 0 Å². The van der Waals surface area contributed by atoms with Crippen LogP contribution in [0.15, 0.2) is 45.1 Å². The van der Waals surface area contributed by atoms with E-state index in [1.165, 1.54) is 0 Å². The number of aliphatic imine (C=N–C) groups is 1. The van der Waals surface area contributed by atoms with Crippen LogP contribution in [0.5, 0.6) is 0 Å². The first kappa shape index (κ1) is 9.36. The molecule has 3 heterocycles. The van der Waals surface area contributed by atoms with Crippen molar-refractivity contribution in [2.24, 2.45) is 4.99 Å². The van der Waals surface area contributed by atoms with Crippen molar-refractivity contribution in [2.45, 2.75) is 0 Å². The summed E-state index contributed by atoms with van der Waals surface area (Å²) in [6.07, 6.45) is 0. The molecule has 0 spiro atoms. The molecule has 0 fully saturated rings. The topological polar surface area (TPSA) is 28.7 Å². The Labute approximate surface area is 103 Å². The van der Waals surface area contributed by atoms with Crippen molar-refractivity contribution in [1.82, 2.24) is 4.90 Å². The van der Waals surface area contributed by atoms with Crippen molar-refractivity contribution >= 4 is 33.6 Å². The van der Waals surface area contributed by atoms with Crippen molar-refractivity contribution in [1.29, 1.82) is 0 Å². The maximum atomic E-state index is 5.88. The van der Waals surface area contributed by atoms with E-state index in [2.05, 4.69) is 27.4 Å². The van der Waals surface area contributed by atoms with Gasteiger partial charge in [0.15, 0.2) is 10.9 Å². The molecule has 84 valence electrons. The second-order valence-electron chi connectivity index (χ2n) is 4.09. The Kier molecular flexibility index (Phi) is 1.87. The Morgan fingerprint density at radius 3 is 3.18 bits per heavy atom. The number of rotatable bonds is 1. The van der Waals surface area contributed by atoms with Crippen molar-refractivity contribution < 1.29 is 4.42 Å². The normalized spacial score (nSPS) is 18.5. The van der Waals surface area contributed by atoms with Gasteiger partial charge in [-0.05, 0) is 12.1 Å². The molecule has 0 bridgehead atoms. The van der Waals surface area contributed by atoms with Crippen molar-refractivity contribution in [3.05, 3.63) is 41.5 Å². The maximum absolute atomic E-state index is 5.88. The highest BCUT2D eigenvalue weighted by molar-refractivity contribution is 8.16. The molecule has 4 heteroatoms. The van der Waals surface area contributed by atoms with Crippen LogP contribution in [0, 0.1) is 0 Å². The summed E-state index contributed by atoms with van der Waals surface area (Å²) in [7, 11) is 0. The molecule has 1 aromatic heterocycles. The summed E-state index contributed by atoms with van der Waals surface area (Å²) in [6.45, 7) is 1.85. The van der Waals surface area contributed by atoms with Gasteiger partial charge >= 0.3 is 0 Å². The third-order valence-electron chi connectivity index (χ3n) is 3.05. The molecular weight excluding hydrogens is 232 g/mol. The highest BCUT2D eigenvalue weighted by Gasteiger charge is 2.28. The summed E-state index contributed by atoms with van der Waals surface area (Å²) in [5, 5.41) is 4.37. The summed E-state index contributed by atoms with van der Waals surface area (Å²) >= 11 is 1.68. The minimum absolute atomic E-state index is 0.889. The first-order valence-corrected chi connectivity index (χ1v) is 6.47. The highest BCUT2D eigenvalue weighted by atomic mass is 32.2. The largest absolute Gasteiger partial charge is 0.454 e. The lowest BCUT2D eigenvalue weighted by atomic mass is 10.2. The van der Waals surface area contributed by atoms with Crippen LogP contribution >= 0.6 is 11.8 Å². The van der Waals surface area contributed by atoms with Crippen LogP contribution in [0.25, 0.3) is 16.7 Å². The van der Waals surface area contributed by atoms with Crippen molar-refractivity contribution in [3.63, 3.8) is 0 Å². The number of hydrogen-bond donors (Lipinski definition) is 0. The Balaban J connectivity index is 1.82. The number of nitrogens with zero attached hydrogens (tertiary/aromatic N) is 2. The van der Waals surface area contributed by atoms with Gasteiger partial charge in [-0.3, -0.25) is 4.99 Å². The number of furan rings is 1. The first-order valence-electron chi connectivity index (χ1n) is 5.59. The average molecular weight is 242 g/mol. The first-order chi connectivity index (χ1) is 8.42. The molecule has 4 rings (SSSR count). The van der Waals surface area contributed by atoms with Crippen LogP contribution in [-0.2, 0) is 0 Å². The van der Waals surface area contributed by atoms with Crippen LogP contribution in [0.2, 0.25) is 0 Å². The monoisotopic (exact) mass is 242 g/mol. The number of amidine groups is 1. The summed E-state index contributed by atoms with van der Waals surface area (Å²) in [6, 6.07) is 10.2. The third kappa shape index (κ3) is 1.34. The molecule has 17 heavy (non-hydrogen) atoms. The SMILES string of the molecule is C1=C(c2cc3ccccc3o2)N2CCN=C2S1. The molecule has 2 aliphatic heterocycles. The molecule has 0 saturated heterocycles. The fourth-order valence-electron chi connectivity index (χ4n) is 2.22. The quantitative estimate of drug-likeness (QED) is 0.769. The lowest BCUT2D eigenvalue weighted by molar-refractivity contribution is 0.559. The second kappa shape index (κ2) is 3.40. The van der Waals surface area contributed by atoms with E-state index in [0.717, 1.165) is 40.7 Å². The Bertz CT molecular complexity index is 623. The average Bonchev–Trinajstić information content (AvgIpc) is 3.02. The van der Waals surface area contributed by atoms with E-state index in [4.69, 9.17) is 4.42 Å². The van der Waals surface area contributed by atoms with Gasteiger partial charge in [-0.15, -0.1) is 0 Å². The van der Waals surface area contributed by atoms with Gasteiger partial charge in [0.05, 0.1) is 12.2 Å². The smallest absolute Gasteiger partial charge is 0.168 e. The number of para-hydroxylation sites is 1. The lowest BCUT2D eigenvalue weighted by Gasteiger charge is -2.13. The number of benzene rings is 1. The Morgan fingerprint density at radius 1 is 1.29 bits per heavy atom. The van der Waals surface area contributed by atoms with Gasteiger partial charge in [-0.25, -0.2) is 0 Å². The van der Waals surface area contributed by atoms with Crippen molar-refractivity contribution in [3.8, 4) is 0 Å². The molecule has 0 unspecified atom stereocenters. The van der Waals surface area contributed by atoms with Gasteiger partial charge < -0.3 is 9.32 Å². The van der Waals surface area contributed by atoms with Gasteiger partial charge in [0.25, 0.3) is 0 Å². The number of fused-ring (bicyclic) bond motifs is 2. The van der Waals surface area contributed by atoms with Gasteiger partial charge in [-0.2, -0.15) is 0 Å². The number of hydrogen-bond acceptors (Lipinski definition) is 4. The van der Waals surface area contributed by atoms with Gasteiger partial charge in [-0.1, -0.05) is 30.0 Å². The third-order valence-corrected chi connectivity index (χ3v) is 3.95. The van der Waals surface area contributed by atoms with Crippen LogP contribution in [0.1, 0.15) is 5.76 Å². The molecule has 1 aromatic carbocycles. The molecule has 0 aliphatic carbocycles. The Morgan fingerprint density at radius 2 is 2.24 bits per heavy atom. The molecule has 0 N–H and O–H groups in total. The fraction of sp³-hybridized carbons (Fsp3) is 0.154. The Hall–Kier alpha value is -1.68. The molecule has 0 radical (unpaired) electrons. The molecule has 2 aliphatic rings. The summed E-state index contributed by atoms with van der Waals surface area (Å²) in [4.78, 5) is 6.66. The molecule has 2 aromatic rings. The van der Waals surface area contributed by atoms with E-state index >= 15 is 0 Å². The van der Waals surface area contributed by atoms with Crippen LogP contribution in [-0.4, -0.2) is 23.2 Å². The molecule has 0 atom stereocenters. The predicted molar refractivity (Wildman–Crippen MR) is 70.8 cm³/mol. The standard InChI is InChI=1S/C13H10N2OS/c1-2-4-11-9(3-1)7-12(16-11)10-8-17-13-14-5-6-15(10)13/h1-4,7-8H,5-6H2. The fourth-order valence-corrected chi connectivity index (χ4v) is 3.17. The van der Waals surface area contributed by atoms with Gasteiger partial charge in [0, 0.05) is 17.3 Å². The van der Waals surface area contributed by atoms with Crippen LogP contribution in [0.4, 0.5) is 0 Å². The summed E-state index contributed by atoms with van der Waals surface area (Å²) < 4.78 is 5.88. The molecule has 0 amide bonds. The van der Waals surface area contributed by atoms with E-state index in [0.29, 0.717) is 0 Å². The summed E-state index contributed by atoms with van der Waals surface area (Å²) in [5.74, 6) is 0.936. The van der Waals surface area contributed by atoms with Gasteiger partial charge in [0.2, 0.25) is 0 Å². The van der Waals surface area contributed by atoms with Crippen molar-refractivity contribution in [2.75, 3.05) is 13.1 Å². The molecular formula is C13H10N2OS. The van der Waals surface area contributed by atoms with E-state index in [9.17, 15) is 0 Å². The molecule has 0 saturated carbocycles. The lowest BCUT2D eigenvalue weighted by Crippen LogP contribution is -2.19. The van der Waals surface area contributed by atoms with E-state index in [1.54, 1.807) is 11.8 Å². The zero-order valence-electron chi connectivity index (χ0n) is 9.09. The van der Waals surface area contributed by atoms with E-state index in [1.807, 2.05) is 18.2 Å². The minimum Gasteiger partial charge on any atom is -0.454 e. The van der Waals surface area contributed by atoms with Crippen LogP contribution in [0.3, 0.4) is 0 Å². The minimum atomic E-state index is 0.889. The summed E-state index contributed by atoms with van der Waals surface area (Å²) in [5.41, 5.74) is 2.08. The zero-order valence-corrected chi connectivity index (χ0v) is 9.91. The number of thioether (sulfide) groups is 1. The predicted octanol–water partition coefficient (Wildman–Crippen LogP) is 3.15.